The smallest absolute Gasteiger partial charge is 0.150 e. The summed E-state index contributed by atoms with van der Waals surface area (Å²) in [5.41, 5.74) is 10.1. The third kappa shape index (κ3) is 4.13. The van der Waals surface area contributed by atoms with Crippen molar-refractivity contribution in [2.75, 3.05) is 18.8 Å². The standard InChI is InChI=1S/C26H32N6O/c1-3-11-31(12-6-7-17(2)33)20-14-19(15-20)26-30-23(24-25(27)28-10-13-32(24)26)22-16-18-8-4-5-9-21(18)29-22/h4-5,8-10,13,16,19-20,29H,3,6-7,11-12,14-15H2,1-2H3,(H2,27,28). The molecular weight excluding hydrogens is 412 g/mol. The average molecular weight is 445 g/mol. The fourth-order valence-corrected chi connectivity index (χ4v) is 5.16. The van der Waals surface area contributed by atoms with Gasteiger partial charge < -0.3 is 20.4 Å². The minimum atomic E-state index is 0.275. The van der Waals surface area contributed by atoms with Crippen LogP contribution in [0.2, 0.25) is 0 Å². The van der Waals surface area contributed by atoms with Gasteiger partial charge in [-0.05, 0) is 57.8 Å². The Morgan fingerprint density at radius 1 is 1.27 bits per heavy atom. The van der Waals surface area contributed by atoms with Gasteiger partial charge in [0.2, 0.25) is 0 Å². The van der Waals surface area contributed by atoms with E-state index >= 15 is 0 Å². The van der Waals surface area contributed by atoms with Crippen molar-refractivity contribution in [3.05, 3.63) is 48.5 Å². The molecule has 172 valence electrons. The van der Waals surface area contributed by atoms with E-state index in [9.17, 15) is 4.79 Å². The van der Waals surface area contributed by atoms with Gasteiger partial charge in [0, 0.05) is 41.7 Å². The summed E-state index contributed by atoms with van der Waals surface area (Å²) in [6, 6.07) is 10.9. The second-order valence-corrected chi connectivity index (χ2v) is 9.28. The van der Waals surface area contributed by atoms with Crippen LogP contribution in [0.25, 0.3) is 27.8 Å². The number of fused-ring (bicyclic) bond motifs is 2. The molecular formula is C26H32N6O. The molecule has 0 amide bonds. The Kier molecular flexibility index (Phi) is 5.89. The summed E-state index contributed by atoms with van der Waals surface area (Å²) >= 11 is 0. The number of benzene rings is 1. The zero-order valence-electron chi connectivity index (χ0n) is 19.4. The molecule has 1 fully saturated rings. The first-order valence-electron chi connectivity index (χ1n) is 12.0. The van der Waals surface area contributed by atoms with Crippen LogP contribution in [-0.4, -0.2) is 49.2 Å². The number of nitrogens with zero attached hydrogens (tertiary/aromatic N) is 4. The first kappa shape index (κ1) is 21.6. The van der Waals surface area contributed by atoms with Crippen molar-refractivity contribution in [2.24, 2.45) is 0 Å². The topological polar surface area (TPSA) is 92.3 Å². The number of Topliss-reactive ketones (excluding diaryl/α,β-unsaturated/α-hetero) is 1. The highest BCUT2D eigenvalue weighted by atomic mass is 16.1. The van der Waals surface area contributed by atoms with E-state index in [0.29, 0.717) is 24.2 Å². The van der Waals surface area contributed by atoms with Crippen LogP contribution < -0.4 is 5.73 Å². The molecule has 0 unspecified atom stereocenters. The van der Waals surface area contributed by atoms with Crippen LogP contribution >= 0.6 is 0 Å². The van der Waals surface area contributed by atoms with E-state index in [1.54, 1.807) is 13.1 Å². The number of H-pyrrole nitrogens is 1. The molecule has 5 rings (SSSR count). The summed E-state index contributed by atoms with van der Waals surface area (Å²) < 4.78 is 2.13. The van der Waals surface area contributed by atoms with Crippen molar-refractivity contribution in [3.8, 4) is 11.4 Å². The number of nitrogens with two attached hydrogens (primary N) is 1. The normalized spacial score (nSPS) is 18.3. The van der Waals surface area contributed by atoms with E-state index in [1.807, 2.05) is 18.3 Å². The van der Waals surface area contributed by atoms with E-state index in [2.05, 4.69) is 44.4 Å². The van der Waals surface area contributed by atoms with Gasteiger partial charge in [0.1, 0.15) is 28.6 Å². The van der Waals surface area contributed by atoms with Crippen LogP contribution in [0.3, 0.4) is 0 Å². The maximum atomic E-state index is 11.4. The van der Waals surface area contributed by atoms with Crippen molar-refractivity contribution in [1.29, 1.82) is 0 Å². The molecule has 1 saturated carbocycles. The summed E-state index contributed by atoms with van der Waals surface area (Å²) in [5.74, 6) is 2.22. The van der Waals surface area contributed by atoms with Crippen molar-refractivity contribution in [1.82, 2.24) is 24.3 Å². The largest absolute Gasteiger partial charge is 0.382 e. The lowest BCUT2D eigenvalue weighted by Crippen LogP contribution is -2.45. The number of para-hydroxylation sites is 1. The number of aromatic amines is 1. The van der Waals surface area contributed by atoms with E-state index < -0.39 is 0 Å². The number of carbonyl (C=O) groups is 1. The fraction of sp³-hybridized carbons (Fsp3) is 0.423. The van der Waals surface area contributed by atoms with Crippen LogP contribution in [0.1, 0.15) is 57.7 Å². The highest BCUT2D eigenvalue weighted by Gasteiger charge is 2.37. The molecule has 3 aromatic heterocycles. The van der Waals surface area contributed by atoms with E-state index in [0.717, 1.165) is 72.4 Å². The second-order valence-electron chi connectivity index (χ2n) is 9.28. The highest BCUT2D eigenvalue weighted by molar-refractivity contribution is 5.91. The third-order valence-electron chi connectivity index (χ3n) is 6.88. The van der Waals surface area contributed by atoms with Gasteiger partial charge >= 0.3 is 0 Å². The highest BCUT2D eigenvalue weighted by Crippen LogP contribution is 2.42. The molecule has 1 aliphatic carbocycles. The first-order valence-corrected chi connectivity index (χ1v) is 12.0. The number of hydrogen-bond donors (Lipinski definition) is 2. The number of carbonyl (C=O) groups excluding carboxylic acids is 1. The Hall–Kier alpha value is -3.19. The molecule has 1 aromatic carbocycles. The lowest BCUT2D eigenvalue weighted by molar-refractivity contribution is -0.117. The van der Waals surface area contributed by atoms with Crippen molar-refractivity contribution in [2.45, 2.75) is 57.9 Å². The minimum absolute atomic E-state index is 0.275. The van der Waals surface area contributed by atoms with Crippen LogP contribution in [0, 0.1) is 0 Å². The molecule has 4 aromatic rings. The Morgan fingerprint density at radius 2 is 2.09 bits per heavy atom. The summed E-state index contributed by atoms with van der Waals surface area (Å²) in [6.45, 7) is 5.97. The minimum Gasteiger partial charge on any atom is -0.382 e. The number of hydrogen-bond acceptors (Lipinski definition) is 5. The second kappa shape index (κ2) is 8.98. The number of aromatic nitrogens is 4. The zero-order chi connectivity index (χ0) is 22.9. The number of ketones is 1. The molecule has 0 atom stereocenters. The van der Waals surface area contributed by atoms with Gasteiger partial charge in [0.25, 0.3) is 0 Å². The molecule has 3 heterocycles. The van der Waals surface area contributed by atoms with Gasteiger partial charge in [-0.15, -0.1) is 0 Å². The number of anilines is 1. The Bertz CT molecular complexity index is 1250. The Balaban J connectivity index is 1.42. The molecule has 0 spiro atoms. The predicted octanol–water partition coefficient (Wildman–Crippen LogP) is 4.79. The van der Waals surface area contributed by atoms with Gasteiger partial charge in [-0.1, -0.05) is 25.1 Å². The van der Waals surface area contributed by atoms with Crippen molar-refractivity contribution >= 4 is 28.0 Å². The maximum absolute atomic E-state index is 11.4. The van der Waals surface area contributed by atoms with Crippen LogP contribution in [0.15, 0.2) is 42.7 Å². The SMILES string of the molecule is CCCN(CCCC(C)=O)C1CC(c2nc(-c3cc4ccccc4[nH]3)c3c(N)nccn23)C1. The summed E-state index contributed by atoms with van der Waals surface area (Å²) in [5, 5.41) is 1.15. The molecule has 0 bridgehead atoms. The lowest BCUT2D eigenvalue weighted by Gasteiger charge is -2.42. The maximum Gasteiger partial charge on any atom is 0.150 e. The summed E-state index contributed by atoms with van der Waals surface area (Å²) in [7, 11) is 0. The van der Waals surface area contributed by atoms with Crippen molar-refractivity contribution in [3.63, 3.8) is 0 Å². The van der Waals surface area contributed by atoms with E-state index in [4.69, 9.17) is 10.7 Å². The van der Waals surface area contributed by atoms with Gasteiger partial charge in [-0.3, -0.25) is 4.40 Å². The van der Waals surface area contributed by atoms with Crippen LogP contribution in [0.5, 0.6) is 0 Å². The molecule has 0 aliphatic heterocycles. The van der Waals surface area contributed by atoms with Crippen LogP contribution in [-0.2, 0) is 4.79 Å². The van der Waals surface area contributed by atoms with E-state index in [1.165, 1.54) is 0 Å². The van der Waals surface area contributed by atoms with Gasteiger partial charge in [-0.25, -0.2) is 9.97 Å². The molecule has 0 saturated heterocycles. The number of nitrogen functional groups attached to an aromatic ring is 1. The molecule has 7 heteroatoms. The predicted molar refractivity (Wildman–Crippen MR) is 132 cm³/mol. The molecule has 1 aliphatic rings. The number of rotatable bonds is 9. The molecule has 3 N–H and O–H groups in total. The van der Waals surface area contributed by atoms with Crippen LogP contribution in [0.4, 0.5) is 5.82 Å². The summed E-state index contributed by atoms with van der Waals surface area (Å²) in [4.78, 5) is 26.9. The monoisotopic (exact) mass is 444 g/mol. The molecule has 33 heavy (non-hydrogen) atoms. The first-order chi connectivity index (χ1) is 16.0. The zero-order valence-corrected chi connectivity index (χ0v) is 19.4. The summed E-state index contributed by atoms with van der Waals surface area (Å²) in [6.07, 6.45) is 8.62. The quantitative estimate of drug-likeness (QED) is 0.387. The van der Waals surface area contributed by atoms with Gasteiger partial charge in [-0.2, -0.15) is 0 Å². The lowest BCUT2D eigenvalue weighted by atomic mass is 9.78. The average Bonchev–Trinajstić information content (AvgIpc) is 3.35. The van der Waals surface area contributed by atoms with Gasteiger partial charge in [0.05, 0.1) is 5.69 Å². The Labute approximate surface area is 194 Å². The number of imidazole rings is 1. The third-order valence-corrected chi connectivity index (χ3v) is 6.88. The van der Waals surface area contributed by atoms with Crippen molar-refractivity contribution < 1.29 is 4.79 Å². The molecule has 0 radical (unpaired) electrons. The molecule has 7 nitrogen and oxygen atoms in total. The Morgan fingerprint density at radius 3 is 2.85 bits per heavy atom. The number of nitrogens with one attached hydrogen (secondary N) is 1. The van der Waals surface area contributed by atoms with Gasteiger partial charge in [0.15, 0.2) is 0 Å². The van der Waals surface area contributed by atoms with E-state index in [-0.39, 0.29) is 5.78 Å². The fourth-order valence-electron chi connectivity index (χ4n) is 5.16.